The van der Waals surface area contributed by atoms with Gasteiger partial charge in [-0.25, -0.2) is 13.5 Å². The fraction of sp³-hybridized carbons (Fsp3) is 0.533. The van der Waals surface area contributed by atoms with Crippen LogP contribution in [0.3, 0.4) is 0 Å². The molecule has 0 spiro atoms. The van der Waals surface area contributed by atoms with Crippen molar-refractivity contribution in [2.75, 3.05) is 44.4 Å². The Labute approximate surface area is 268 Å². The number of ether oxygens (including phenoxy) is 1. The molecule has 244 valence electrons. The number of methoxy groups -OCH3 is 1. The van der Waals surface area contributed by atoms with Crippen LogP contribution in [0.5, 0.6) is 0 Å². The van der Waals surface area contributed by atoms with E-state index in [0.29, 0.717) is 43.8 Å². The zero-order valence-electron chi connectivity index (χ0n) is 25.1. The van der Waals surface area contributed by atoms with Gasteiger partial charge >= 0.3 is 6.09 Å². The molecule has 12 nitrogen and oxygen atoms in total. The first kappa shape index (κ1) is 33.3. The van der Waals surface area contributed by atoms with Crippen LogP contribution < -0.4 is 15.5 Å². The molecule has 0 aliphatic carbocycles. The van der Waals surface area contributed by atoms with Gasteiger partial charge in [-0.05, 0) is 68.4 Å². The number of nitrogens with zero attached hydrogens (tertiary/aromatic N) is 4. The van der Waals surface area contributed by atoms with E-state index in [1.165, 1.54) is 19.2 Å². The Bertz CT molecular complexity index is 1440. The molecule has 45 heavy (non-hydrogen) atoms. The van der Waals surface area contributed by atoms with Crippen LogP contribution in [0.4, 0.5) is 14.9 Å². The van der Waals surface area contributed by atoms with E-state index in [4.69, 9.17) is 21.9 Å². The zero-order chi connectivity index (χ0) is 32.2. The molecule has 2 bridgehead atoms. The summed E-state index contributed by atoms with van der Waals surface area (Å²) in [6, 6.07) is 10.1. The molecular formula is C30H39ClFN7O5S. The van der Waals surface area contributed by atoms with Gasteiger partial charge in [0.2, 0.25) is 11.0 Å². The summed E-state index contributed by atoms with van der Waals surface area (Å²) in [6.45, 7) is 1.52. The van der Waals surface area contributed by atoms with Crippen molar-refractivity contribution >= 4 is 40.1 Å². The molecule has 0 aromatic heterocycles. The predicted octanol–water partition coefficient (Wildman–Crippen LogP) is 4.83. The van der Waals surface area contributed by atoms with E-state index in [1.807, 2.05) is 0 Å². The molecule has 3 fully saturated rings. The molecule has 5 rings (SSSR count). The van der Waals surface area contributed by atoms with Crippen LogP contribution in [0.1, 0.15) is 43.2 Å². The number of rotatable bonds is 8. The van der Waals surface area contributed by atoms with Gasteiger partial charge in [-0.15, -0.1) is 0 Å². The van der Waals surface area contributed by atoms with E-state index < -0.39 is 40.1 Å². The van der Waals surface area contributed by atoms with Crippen molar-refractivity contribution in [1.82, 2.24) is 19.4 Å². The average molecular weight is 664 g/mol. The van der Waals surface area contributed by atoms with Gasteiger partial charge in [-0.2, -0.15) is 0 Å². The fourth-order valence-electron chi connectivity index (χ4n) is 6.89. The molecule has 3 saturated heterocycles. The topological polar surface area (TPSA) is 168 Å². The third kappa shape index (κ3) is 7.17. The van der Waals surface area contributed by atoms with Crippen LogP contribution in [-0.4, -0.2) is 87.5 Å². The minimum atomic E-state index is -3.16. The van der Waals surface area contributed by atoms with E-state index in [0.717, 1.165) is 12.0 Å². The van der Waals surface area contributed by atoms with Crippen LogP contribution in [0.2, 0.25) is 5.02 Å². The summed E-state index contributed by atoms with van der Waals surface area (Å²) in [5.41, 5.74) is 7.89. The van der Waals surface area contributed by atoms with Gasteiger partial charge in [0.05, 0.1) is 7.11 Å². The summed E-state index contributed by atoms with van der Waals surface area (Å²) in [4.78, 5) is 31.1. The van der Waals surface area contributed by atoms with Crippen molar-refractivity contribution in [2.45, 2.75) is 62.1 Å². The highest BCUT2D eigenvalue weighted by Crippen LogP contribution is 2.49. The number of fused-ring (bicyclic) bond motifs is 2. The van der Waals surface area contributed by atoms with Crippen molar-refractivity contribution in [2.24, 2.45) is 5.11 Å². The molecule has 0 radical (unpaired) electrons. The van der Waals surface area contributed by atoms with Gasteiger partial charge in [0.1, 0.15) is 16.5 Å². The molecule has 3 aliphatic rings. The zero-order valence-corrected chi connectivity index (χ0v) is 26.7. The smallest absolute Gasteiger partial charge is 0.409 e. The second-order valence-corrected chi connectivity index (χ2v) is 14.4. The minimum Gasteiger partial charge on any atom is -0.755 e. The molecule has 5 atom stereocenters. The molecule has 15 heteroatoms. The molecular weight excluding hydrogens is 625 g/mol. The van der Waals surface area contributed by atoms with Crippen LogP contribution in [-0.2, 0) is 21.4 Å². The first-order valence-electron chi connectivity index (χ1n) is 15.1. The number of halogens is 2. The number of carbonyl (C=O) groups is 2. The summed E-state index contributed by atoms with van der Waals surface area (Å²) < 4.78 is 45.7. The molecule has 2 unspecified atom stereocenters. The number of benzene rings is 2. The minimum absolute atomic E-state index is 0.149. The Morgan fingerprint density at radius 3 is 2.73 bits per heavy atom. The van der Waals surface area contributed by atoms with Crippen molar-refractivity contribution in [3.8, 4) is 0 Å². The summed E-state index contributed by atoms with van der Waals surface area (Å²) in [5, 5.41) is 10.9. The number of likely N-dealkylation sites (tertiary alicyclic amines) is 1. The van der Waals surface area contributed by atoms with Gasteiger partial charge in [0.25, 0.3) is 5.91 Å². The predicted molar refractivity (Wildman–Crippen MR) is 168 cm³/mol. The monoisotopic (exact) mass is 663 g/mol. The summed E-state index contributed by atoms with van der Waals surface area (Å²) >= 11 is 6.17. The average Bonchev–Trinajstić information content (AvgIpc) is 3.15. The second kappa shape index (κ2) is 14.1. The van der Waals surface area contributed by atoms with E-state index in [2.05, 4.69) is 20.7 Å². The number of piperidine rings is 1. The lowest BCUT2D eigenvalue weighted by Gasteiger charge is -2.58. The third-order valence-electron chi connectivity index (χ3n) is 9.34. The van der Waals surface area contributed by atoms with Crippen molar-refractivity contribution < 1.29 is 27.8 Å². The summed E-state index contributed by atoms with van der Waals surface area (Å²) in [5.74, 6) is -0.874. The molecule has 0 saturated carbocycles. The quantitative estimate of drug-likeness (QED) is 0.232. The first-order valence-corrected chi connectivity index (χ1v) is 17.1. The number of amides is 2. The van der Waals surface area contributed by atoms with Gasteiger partial charge in [-0.3, -0.25) is 4.79 Å². The normalized spacial score (nSPS) is 28.0. The molecule has 2 aromatic rings. The van der Waals surface area contributed by atoms with E-state index in [1.54, 1.807) is 39.5 Å². The van der Waals surface area contributed by atoms with Gasteiger partial charge in [-0.1, -0.05) is 29.8 Å². The molecule has 2 aromatic carbocycles. The SMILES string of the molecule is COC(=O)N1CCC(c2ccc(Cl)cc2)([C@H](N=[N+]=N)C(=O)Nc2cccc(F)c2CC[C@H]2CN[C@@H]3CCCS([O-])(O)N2C3)CC1. The highest BCUT2D eigenvalue weighted by Gasteiger charge is 2.50. The van der Waals surface area contributed by atoms with Crippen molar-refractivity contribution in [3.05, 3.63) is 64.4 Å². The third-order valence-corrected chi connectivity index (χ3v) is 11.6. The second-order valence-electron chi connectivity index (χ2n) is 11.8. The lowest BCUT2D eigenvalue weighted by molar-refractivity contribution is -0.119. The number of hydrogen-bond donors (Lipinski definition) is 4. The molecule has 3 aliphatic heterocycles. The standard InChI is InChI=1S/C30H39ClFN7O5S/c1-44-29(41)38-15-13-30(14-16-38,20-7-9-21(31)10-8-20)27(36-37-33)28(40)35-26-6-2-5-25(32)24(26)12-11-23-18-34-22-4-3-17-45(42,43)39(23)19-22/h2,5-10,22-23,27,33-34H,3-4,11-19H2,1H3,(H2-,35,40,42,43)/t22-,23+,27-/m1/s1. The highest BCUT2D eigenvalue weighted by atomic mass is 35.5. The number of hydrogen-bond acceptors (Lipinski definition) is 9. The molecule has 2 amide bonds. The maximum Gasteiger partial charge on any atom is 0.409 e. The van der Waals surface area contributed by atoms with Gasteiger partial charge in [0.15, 0.2) is 0 Å². The van der Waals surface area contributed by atoms with Crippen molar-refractivity contribution in [1.29, 1.82) is 5.53 Å². The Balaban J connectivity index is 1.40. The summed E-state index contributed by atoms with van der Waals surface area (Å²) in [6.07, 6.45) is 2.27. The largest absolute Gasteiger partial charge is 0.755 e. The lowest BCUT2D eigenvalue weighted by atomic mass is 9.67. The fourth-order valence-corrected chi connectivity index (χ4v) is 8.85. The lowest BCUT2D eigenvalue weighted by Crippen LogP contribution is -2.55. The van der Waals surface area contributed by atoms with Gasteiger partial charge in [0, 0.05) is 65.7 Å². The van der Waals surface area contributed by atoms with Gasteiger partial charge < -0.3 is 40.2 Å². The van der Waals surface area contributed by atoms with Crippen LogP contribution in [0, 0.1) is 11.3 Å². The van der Waals surface area contributed by atoms with Crippen LogP contribution >= 0.6 is 22.4 Å². The van der Waals surface area contributed by atoms with Crippen LogP contribution in [0.15, 0.2) is 47.6 Å². The Morgan fingerprint density at radius 2 is 2.04 bits per heavy atom. The number of nitrogens with one attached hydrogen (secondary N) is 3. The van der Waals surface area contributed by atoms with E-state index >= 15 is 4.39 Å². The van der Waals surface area contributed by atoms with E-state index in [9.17, 15) is 18.7 Å². The summed E-state index contributed by atoms with van der Waals surface area (Å²) in [7, 11) is -1.86. The Hall–Kier alpha value is -3.10. The number of anilines is 1. The Kier molecular flexibility index (Phi) is 10.4. The van der Waals surface area contributed by atoms with E-state index in [-0.39, 0.29) is 48.6 Å². The molecule has 4 N–H and O–H groups in total. The maximum absolute atomic E-state index is 15.3. The van der Waals surface area contributed by atoms with Crippen molar-refractivity contribution in [3.63, 3.8) is 0 Å². The maximum atomic E-state index is 15.3. The Morgan fingerprint density at radius 1 is 1.31 bits per heavy atom. The number of carbonyl (C=O) groups excluding carboxylic acids is 2. The molecule has 3 heterocycles. The highest BCUT2D eigenvalue weighted by molar-refractivity contribution is 8.22. The number of piperazine rings is 1. The van der Waals surface area contributed by atoms with Crippen LogP contribution in [0.25, 0.3) is 0 Å². The first-order chi connectivity index (χ1) is 21.6.